The molecule has 1 aliphatic heterocycles. The van der Waals surface area contributed by atoms with E-state index in [0.29, 0.717) is 45.1 Å². The third-order valence-corrected chi connectivity index (χ3v) is 6.82. The second-order valence-corrected chi connectivity index (χ2v) is 9.18. The van der Waals surface area contributed by atoms with E-state index in [1.54, 1.807) is 39.9 Å². The zero-order chi connectivity index (χ0) is 22.7. The molecule has 0 bridgehead atoms. The summed E-state index contributed by atoms with van der Waals surface area (Å²) in [6, 6.07) is 8.55. The van der Waals surface area contributed by atoms with Crippen LogP contribution in [0.4, 0.5) is 11.6 Å². The molecule has 10 nitrogen and oxygen atoms in total. The molecule has 5 heterocycles. The SMILES string of the molecule is Nc1ncnc2c1c1ncccc1n2CC(=O)N1[C@@H]2CC2C[C@H]1C(=O)Nc1cccc(Br)n1. The Kier molecular flexibility index (Phi) is 4.54. The summed E-state index contributed by atoms with van der Waals surface area (Å²) in [6.45, 7) is 0.0320. The van der Waals surface area contributed by atoms with E-state index in [0.717, 1.165) is 11.9 Å². The first-order chi connectivity index (χ1) is 16.0. The number of nitrogen functional groups attached to an aromatic ring is 1. The van der Waals surface area contributed by atoms with E-state index < -0.39 is 6.04 Å². The van der Waals surface area contributed by atoms with Crippen LogP contribution in [0.3, 0.4) is 0 Å². The summed E-state index contributed by atoms with van der Waals surface area (Å²) in [7, 11) is 0. The molecule has 6 rings (SSSR count). The van der Waals surface area contributed by atoms with E-state index >= 15 is 0 Å². The average molecular weight is 507 g/mol. The predicted octanol–water partition coefficient (Wildman–Crippen LogP) is 2.35. The van der Waals surface area contributed by atoms with Gasteiger partial charge in [-0.05, 0) is 59.0 Å². The summed E-state index contributed by atoms with van der Waals surface area (Å²) >= 11 is 3.31. The second-order valence-electron chi connectivity index (χ2n) is 8.37. The molecule has 0 spiro atoms. The monoisotopic (exact) mass is 506 g/mol. The van der Waals surface area contributed by atoms with Crippen molar-refractivity contribution in [3.63, 3.8) is 0 Å². The van der Waals surface area contributed by atoms with Gasteiger partial charge < -0.3 is 20.5 Å². The number of rotatable bonds is 4. The van der Waals surface area contributed by atoms with Crippen molar-refractivity contribution in [1.29, 1.82) is 0 Å². The van der Waals surface area contributed by atoms with Crippen LogP contribution in [0.25, 0.3) is 22.1 Å². The Hall–Kier alpha value is -3.60. The molecule has 3 atom stereocenters. The van der Waals surface area contributed by atoms with Crippen LogP contribution < -0.4 is 11.1 Å². The molecule has 1 unspecified atom stereocenters. The molecule has 33 heavy (non-hydrogen) atoms. The molecule has 2 aliphatic rings. The van der Waals surface area contributed by atoms with E-state index in [4.69, 9.17) is 5.73 Å². The van der Waals surface area contributed by atoms with E-state index in [1.165, 1.54) is 6.33 Å². The van der Waals surface area contributed by atoms with Crippen molar-refractivity contribution in [2.24, 2.45) is 5.92 Å². The maximum Gasteiger partial charge on any atom is 0.248 e. The van der Waals surface area contributed by atoms with Gasteiger partial charge in [0.15, 0.2) is 0 Å². The van der Waals surface area contributed by atoms with Crippen molar-refractivity contribution < 1.29 is 9.59 Å². The molecule has 0 radical (unpaired) electrons. The number of aromatic nitrogens is 5. The molecule has 2 fully saturated rings. The van der Waals surface area contributed by atoms with Gasteiger partial charge in [0.05, 0.1) is 10.9 Å². The summed E-state index contributed by atoms with van der Waals surface area (Å²) < 4.78 is 2.43. The largest absolute Gasteiger partial charge is 0.383 e. The summed E-state index contributed by atoms with van der Waals surface area (Å²) in [4.78, 5) is 45.5. The maximum atomic E-state index is 13.6. The first-order valence-corrected chi connectivity index (χ1v) is 11.4. The van der Waals surface area contributed by atoms with E-state index in [2.05, 4.69) is 41.2 Å². The summed E-state index contributed by atoms with van der Waals surface area (Å²) in [6.07, 6.45) is 4.63. The highest BCUT2D eigenvalue weighted by Crippen LogP contribution is 2.48. The molecule has 1 aliphatic carbocycles. The van der Waals surface area contributed by atoms with E-state index in [9.17, 15) is 9.59 Å². The van der Waals surface area contributed by atoms with Crippen LogP contribution >= 0.6 is 15.9 Å². The number of hydrogen-bond donors (Lipinski definition) is 2. The molecular weight excluding hydrogens is 488 g/mol. The second kappa shape index (κ2) is 7.48. The summed E-state index contributed by atoms with van der Waals surface area (Å²) in [5, 5.41) is 3.47. The normalized spacial score (nSPS) is 21.4. The number of piperidine rings is 1. The van der Waals surface area contributed by atoms with Gasteiger partial charge in [-0.3, -0.25) is 14.6 Å². The topological polar surface area (TPSA) is 132 Å². The fourth-order valence-corrected chi connectivity index (χ4v) is 5.20. The molecule has 1 saturated heterocycles. The Labute approximate surface area is 196 Å². The fraction of sp³-hybridized carbons (Fsp3) is 0.273. The molecule has 166 valence electrons. The van der Waals surface area contributed by atoms with Crippen LogP contribution in [0.15, 0.2) is 47.5 Å². The zero-order valence-corrected chi connectivity index (χ0v) is 18.9. The average Bonchev–Trinajstić information content (AvgIpc) is 3.34. The van der Waals surface area contributed by atoms with Gasteiger partial charge in [-0.25, -0.2) is 15.0 Å². The minimum absolute atomic E-state index is 0.0320. The highest BCUT2D eigenvalue weighted by atomic mass is 79.9. The highest BCUT2D eigenvalue weighted by Gasteiger charge is 2.56. The minimum Gasteiger partial charge on any atom is -0.383 e. The Balaban J connectivity index is 1.31. The quantitative estimate of drug-likeness (QED) is 0.406. The lowest BCUT2D eigenvalue weighted by Gasteiger charge is -2.27. The van der Waals surface area contributed by atoms with Crippen LogP contribution in [0, 0.1) is 5.92 Å². The molecule has 0 aromatic carbocycles. The van der Waals surface area contributed by atoms with Crippen molar-refractivity contribution >= 4 is 61.4 Å². The van der Waals surface area contributed by atoms with Gasteiger partial charge in [0.25, 0.3) is 0 Å². The van der Waals surface area contributed by atoms with Gasteiger partial charge in [0, 0.05) is 12.2 Å². The van der Waals surface area contributed by atoms with Crippen molar-refractivity contribution in [3.05, 3.63) is 47.5 Å². The lowest BCUT2D eigenvalue weighted by atomic mass is 10.1. The number of nitrogens with zero attached hydrogens (tertiary/aromatic N) is 6. The number of nitrogens with one attached hydrogen (secondary N) is 1. The molecule has 2 amide bonds. The zero-order valence-electron chi connectivity index (χ0n) is 17.3. The third-order valence-electron chi connectivity index (χ3n) is 6.38. The van der Waals surface area contributed by atoms with Gasteiger partial charge in [0.1, 0.15) is 46.3 Å². The Bertz CT molecular complexity index is 1440. The van der Waals surface area contributed by atoms with Crippen LogP contribution in [-0.4, -0.2) is 53.3 Å². The Morgan fingerprint density at radius 2 is 2.03 bits per heavy atom. The standard InChI is InChI=1S/C22H19BrN8O2/c23-15-4-1-5-16(28-15)29-22(33)14-8-11-7-13(11)31(14)17(32)9-30-12-3-2-6-25-19(12)18-20(24)26-10-27-21(18)30/h1-6,10-11,13-14H,7-9H2,(H2,24,26,27)(H,28,29,33)/t11?,13-,14+/m1/s1. The number of pyridine rings is 2. The van der Waals surface area contributed by atoms with E-state index in [1.807, 2.05) is 6.07 Å². The molecular formula is C22H19BrN8O2. The minimum atomic E-state index is -0.534. The van der Waals surface area contributed by atoms with Crippen LogP contribution in [-0.2, 0) is 16.1 Å². The number of carbonyl (C=O) groups is 2. The maximum absolute atomic E-state index is 13.6. The third kappa shape index (κ3) is 3.30. The van der Waals surface area contributed by atoms with Crippen molar-refractivity contribution in [2.75, 3.05) is 11.1 Å². The van der Waals surface area contributed by atoms with E-state index in [-0.39, 0.29) is 24.4 Å². The van der Waals surface area contributed by atoms with Crippen molar-refractivity contribution in [3.8, 4) is 0 Å². The lowest BCUT2D eigenvalue weighted by Crippen LogP contribution is -2.46. The van der Waals surface area contributed by atoms with Gasteiger partial charge in [-0.15, -0.1) is 0 Å². The number of nitrogens with two attached hydrogens (primary N) is 1. The molecule has 11 heteroatoms. The number of fused-ring (bicyclic) bond motifs is 4. The van der Waals surface area contributed by atoms with Crippen LogP contribution in [0.1, 0.15) is 12.8 Å². The van der Waals surface area contributed by atoms with Crippen LogP contribution in [0.5, 0.6) is 0 Å². The number of likely N-dealkylation sites (tertiary alicyclic amines) is 1. The highest BCUT2D eigenvalue weighted by molar-refractivity contribution is 9.10. The number of carbonyl (C=O) groups excluding carboxylic acids is 2. The summed E-state index contributed by atoms with van der Waals surface area (Å²) in [5.74, 6) is 0.761. The summed E-state index contributed by atoms with van der Waals surface area (Å²) in [5.41, 5.74) is 8.05. The number of hydrogen-bond acceptors (Lipinski definition) is 7. The first kappa shape index (κ1) is 20.0. The molecule has 3 N–H and O–H groups in total. The van der Waals surface area contributed by atoms with Gasteiger partial charge in [-0.2, -0.15) is 0 Å². The van der Waals surface area contributed by atoms with Crippen molar-refractivity contribution in [2.45, 2.75) is 31.5 Å². The van der Waals surface area contributed by atoms with Crippen LogP contribution in [0.2, 0.25) is 0 Å². The van der Waals surface area contributed by atoms with Gasteiger partial charge in [-0.1, -0.05) is 6.07 Å². The molecule has 4 aromatic rings. The number of anilines is 2. The van der Waals surface area contributed by atoms with Gasteiger partial charge in [0.2, 0.25) is 11.8 Å². The number of halogens is 1. The fourth-order valence-electron chi connectivity index (χ4n) is 4.86. The Morgan fingerprint density at radius 1 is 1.15 bits per heavy atom. The Morgan fingerprint density at radius 3 is 2.88 bits per heavy atom. The number of amides is 2. The van der Waals surface area contributed by atoms with Gasteiger partial charge >= 0.3 is 0 Å². The molecule has 4 aromatic heterocycles. The van der Waals surface area contributed by atoms with Crippen molar-refractivity contribution in [1.82, 2.24) is 29.4 Å². The lowest BCUT2D eigenvalue weighted by molar-refractivity contribution is -0.138. The molecule has 1 saturated carbocycles. The smallest absolute Gasteiger partial charge is 0.248 e. The predicted molar refractivity (Wildman–Crippen MR) is 125 cm³/mol. The first-order valence-electron chi connectivity index (χ1n) is 10.6.